The lowest BCUT2D eigenvalue weighted by Crippen LogP contribution is -1.94. The molecule has 15 heavy (non-hydrogen) atoms. The number of nitrogens with one attached hydrogen (secondary N) is 1. The van der Waals surface area contributed by atoms with Crippen molar-refractivity contribution in [2.24, 2.45) is 0 Å². The Morgan fingerprint density at radius 2 is 2.07 bits per heavy atom. The molecule has 0 aliphatic rings. The molecule has 0 saturated heterocycles. The number of aromatic nitrogens is 1. The summed E-state index contributed by atoms with van der Waals surface area (Å²) in [5, 5.41) is 0. The molecule has 1 aromatic heterocycles. The lowest BCUT2D eigenvalue weighted by molar-refractivity contribution is 0.319. The summed E-state index contributed by atoms with van der Waals surface area (Å²) in [7, 11) is 0. The first-order chi connectivity index (χ1) is 7.42. The van der Waals surface area contributed by atoms with Crippen LogP contribution in [0.5, 0.6) is 5.75 Å². The Morgan fingerprint density at radius 1 is 1.27 bits per heavy atom. The Balaban J connectivity index is 2.25. The van der Waals surface area contributed by atoms with Gasteiger partial charge in [0.05, 0.1) is 18.4 Å². The summed E-state index contributed by atoms with van der Waals surface area (Å²) < 4.78 is 5.62. The summed E-state index contributed by atoms with van der Waals surface area (Å²) in [5.74, 6) is 0.878. The minimum Gasteiger partial charge on any atom is -0.491 e. The highest BCUT2D eigenvalue weighted by molar-refractivity contribution is 5.68. The minimum atomic E-state index is 0.742. The lowest BCUT2D eigenvalue weighted by atomic mass is 10.1. The van der Waals surface area contributed by atoms with Crippen LogP contribution in [0.2, 0.25) is 0 Å². The molecule has 2 nitrogen and oxygen atoms in total. The van der Waals surface area contributed by atoms with Crippen LogP contribution in [-0.4, -0.2) is 11.6 Å². The van der Waals surface area contributed by atoms with E-state index in [2.05, 4.69) is 30.2 Å². The monoisotopic (exact) mass is 200 g/mol. The van der Waals surface area contributed by atoms with Crippen molar-refractivity contribution in [3.8, 4) is 16.9 Å². The molecule has 77 valence electrons. The van der Waals surface area contributed by atoms with Crippen LogP contribution in [0.1, 0.15) is 13.3 Å². The van der Waals surface area contributed by atoms with Crippen LogP contribution >= 0.6 is 0 Å². The molecular formula is C13H14NO. The maximum atomic E-state index is 5.62. The number of hydrogen-bond donors (Lipinski definition) is 1. The Labute approximate surface area is 89.9 Å². The van der Waals surface area contributed by atoms with Crippen molar-refractivity contribution in [2.45, 2.75) is 13.3 Å². The first-order valence-corrected chi connectivity index (χ1v) is 5.19. The third-order valence-electron chi connectivity index (χ3n) is 2.17. The van der Waals surface area contributed by atoms with Crippen molar-refractivity contribution >= 4 is 0 Å². The molecule has 0 saturated carbocycles. The van der Waals surface area contributed by atoms with Gasteiger partial charge in [0, 0.05) is 6.20 Å². The second-order valence-corrected chi connectivity index (χ2v) is 3.37. The van der Waals surface area contributed by atoms with Gasteiger partial charge in [-0.15, -0.1) is 0 Å². The van der Waals surface area contributed by atoms with Gasteiger partial charge in [-0.25, -0.2) is 0 Å². The molecule has 2 rings (SSSR count). The quantitative estimate of drug-likeness (QED) is 0.805. The number of H-pyrrole nitrogens is 1. The van der Waals surface area contributed by atoms with E-state index in [1.54, 1.807) is 0 Å². The molecule has 0 unspecified atom stereocenters. The molecule has 0 aliphatic heterocycles. The van der Waals surface area contributed by atoms with Crippen LogP contribution in [0.15, 0.2) is 36.5 Å². The smallest absolute Gasteiger partial charge is 0.145 e. The maximum Gasteiger partial charge on any atom is 0.145 e. The van der Waals surface area contributed by atoms with E-state index < -0.39 is 0 Å². The molecule has 0 atom stereocenters. The molecule has 2 aromatic rings. The SMILES string of the molecule is CCCOc1c[nH][c]c1-c1ccccc1. The van der Waals surface area contributed by atoms with Gasteiger partial charge in [-0.2, -0.15) is 0 Å². The Bertz CT molecular complexity index is 405. The van der Waals surface area contributed by atoms with Crippen LogP contribution in [-0.2, 0) is 0 Å². The van der Waals surface area contributed by atoms with Gasteiger partial charge in [0.1, 0.15) is 5.75 Å². The third kappa shape index (κ3) is 2.21. The topological polar surface area (TPSA) is 25.0 Å². The van der Waals surface area contributed by atoms with Gasteiger partial charge >= 0.3 is 0 Å². The van der Waals surface area contributed by atoms with Gasteiger partial charge < -0.3 is 9.72 Å². The van der Waals surface area contributed by atoms with E-state index in [-0.39, 0.29) is 0 Å². The minimum absolute atomic E-state index is 0.742. The van der Waals surface area contributed by atoms with Crippen LogP contribution < -0.4 is 4.74 Å². The second kappa shape index (κ2) is 4.69. The molecule has 1 aromatic carbocycles. The molecule has 1 N–H and O–H groups in total. The first kappa shape index (κ1) is 9.84. The van der Waals surface area contributed by atoms with Gasteiger partial charge in [0.15, 0.2) is 0 Å². The lowest BCUT2D eigenvalue weighted by Gasteiger charge is -2.05. The summed E-state index contributed by atoms with van der Waals surface area (Å²) in [6.07, 6.45) is 5.94. The van der Waals surface area contributed by atoms with Gasteiger partial charge in [-0.1, -0.05) is 37.3 Å². The Hall–Kier alpha value is -1.70. The number of aromatic amines is 1. The van der Waals surface area contributed by atoms with E-state index in [0.717, 1.165) is 29.9 Å². The zero-order valence-electron chi connectivity index (χ0n) is 8.79. The highest BCUT2D eigenvalue weighted by atomic mass is 16.5. The van der Waals surface area contributed by atoms with E-state index >= 15 is 0 Å². The van der Waals surface area contributed by atoms with Crippen molar-refractivity contribution in [2.75, 3.05) is 6.61 Å². The molecule has 1 radical (unpaired) electrons. The predicted molar refractivity (Wildman–Crippen MR) is 60.9 cm³/mol. The van der Waals surface area contributed by atoms with Gasteiger partial charge in [-0.3, -0.25) is 0 Å². The molecule has 0 aliphatic carbocycles. The van der Waals surface area contributed by atoms with Crippen molar-refractivity contribution in [1.29, 1.82) is 0 Å². The summed E-state index contributed by atoms with van der Waals surface area (Å²) in [6, 6.07) is 10.1. The number of hydrogen-bond acceptors (Lipinski definition) is 1. The summed E-state index contributed by atoms with van der Waals surface area (Å²) in [6.45, 7) is 2.84. The van der Waals surface area contributed by atoms with Crippen molar-refractivity contribution in [3.05, 3.63) is 42.7 Å². The summed E-state index contributed by atoms with van der Waals surface area (Å²) >= 11 is 0. The number of ether oxygens (including phenoxy) is 1. The standard InChI is InChI=1S/C13H14NO/c1-2-8-15-13-10-14-9-12(13)11-6-4-3-5-7-11/h3-7,10,14H,2,8H2,1H3. The number of benzene rings is 1. The highest BCUT2D eigenvalue weighted by Gasteiger charge is 2.06. The first-order valence-electron chi connectivity index (χ1n) is 5.19. The van der Waals surface area contributed by atoms with Gasteiger partial charge in [0.2, 0.25) is 0 Å². The largest absolute Gasteiger partial charge is 0.491 e. The average molecular weight is 200 g/mol. The van der Waals surface area contributed by atoms with Crippen LogP contribution in [0.4, 0.5) is 0 Å². The van der Waals surface area contributed by atoms with Crippen LogP contribution in [0.25, 0.3) is 11.1 Å². The molecule has 0 amide bonds. The maximum absolute atomic E-state index is 5.62. The van der Waals surface area contributed by atoms with E-state index in [0.29, 0.717) is 0 Å². The third-order valence-corrected chi connectivity index (χ3v) is 2.17. The van der Waals surface area contributed by atoms with Crippen molar-refractivity contribution in [3.63, 3.8) is 0 Å². The highest BCUT2D eigenvalue weighted by Crippen LogP contribution is 2.28. The van der Waals surface area contributed by atoms with E-state index in [1.807, 2.05) is 24.4 Å². The van der Waals surface area contributed by atoms with Crippen molar-refractivity contribution in [1.82, 2.24) is 4.98 Å². The second-order valence-electron chi connectivity index (χ2n) is 3.37. The average Bonchev–Trinajstić information content (AvgIpc) is 2.75. The van der Waals surface area contributed by atoms with E-state index in [9.17, 15) is 0 Å². The summed E-state index contributed by atoms with van der Waals surface area (Å²) in [4.78, 5) is 2.96. The molecule has 1 heterocycles. The molecule has 0 bridgehead atoms. The zero-order chi connectivity index (χ0) is 10.5. The molecule has 0 spiro atoms. The van der Waals surface area contributed by atoms with Crippen molar-refractivity contribution < 1.29 is 4.74 Å². The molecule has 0 fully saturated rings. The normalized spacial score (nSPS) is 10.2. The fourth-order valence-electron chi connectivity index (χ4n) is 1.45. The zero-order valence-corrected chi connectivity index (χ0v) is 8.79. The van der Waals surface area contributed by atoms with E-state index in [1.165, 1.54) is 0 Å². The fraction of sp³-hybridized carbons (Fsp3) is 0.231. The Kier molecular flexibility index (Phi) is 3.08. The van der Waals surface area contributed by atoms with E-state index in [4.69, 9.17) is 4.74 Å². The van der Waals surface area contributed by atoms with Gasteiger partial charge in [-0.05, 0) is 12.0 Å². The molecule has 2 heteroatoms. The van der Waals surface area contributed by atoms with Crippen LogP contribution in [0, 0.1) is 6.20 Å². The van der Waals surface area contributed by atoms with Crippen LogP contribution in [0.3, 0.4) is 0 Å². The van der Waals surface area contributed by atoms with Gasteiger partial charge in [0.25, 0.3) is 0 Å². The summed E-state index contributed by atoms with van der Waals surface area (Å²) in [5.41, 5.74) is 2.13. The Morgan fingerprint density at radius 3 is 2.80 bits per heavy atom. The predicted octanol–water partition coefficient (Wildman–Crippen LogP) is 3.27. The number of rotatable bonds is 4. The fourth-order valence-corrected chi connectivity index (χ4v) is 1.45. The molecular weight excluding hydrogens is 186 g/mol.